The van der Waals surface area contributed by atoms with Gasteiger partial charge in [0.1, 0.15) is 6.04 Å². The zero-order valence-electron chi connectivity index (χ0n) is 18.4. The summed E-state index contributed by atoms with van der Waals surface area (Å²) in [6, 6.07) is -0.376. The van der Waals surface area contributed by atoms with Crippen molar-refractivity contribution in [3.05, 3.63) is 34.2 Å². The van der Waals surface area contributed by atoms with E-state index in [0.29, 0.717) is 24.6 Å². The molecular weight excluding hydrogens is 368 g/mol. The van der Waals surface area contributed by atoms with E-state index in [9.17, 15) is 9.59 Å². The van der Waals surface area contributed by atoms with Gasteiger partial charge in [0.15, 0.2) is 11.6 Å². The van der Waals surface area contributed by atoms with E-state index >= 15 is 0 Å². The van der Waals surface area contributed by atoms with Crippen molar-refractivity contribution in [3.8, 4) is 0 Å². The van der Waals surface area contributed by atoms with Gasteiger partial charge < -0.3 is 14.4 Å². The highest BCUT2D eigenvalue weighted by Crippen LogP contribution is 2.39. The summed E-state index contributed by atoms with van der Waals surface area (Å²) in [5.74, 6) is 1.02. The zero-order valence-corrected chi connectivity index (χ0v) is 18.4. The lowest BCUT2D eigenvalue weighted by atomic mass is 9.75. The van der Waals surface area contributed by atoms with Gasteiger partial charge in [0, 0.05) is 36.3 Å². The van der Waals surface area contributed by atoms with Crippen LogP contribution in [0.5, 0.6) is 0 Å². The molecule has 0 fully saturated rings. The van der Waals surface area contributed by atoms with E-state index in [2.05, 4.69) is 40.8 Å². The average molecular weight is 401 g/mol. The van der Waals surface area contributed by atoms with Gasteiger partial charge in [-0.2, -0.15) is 4.98 Å². The Kier molecular flexibility index (Phi) is 5.96. The van der Waals surface area contributed by atoms with Crippen LogP contribution in [-0.2, 0) is 30.6 Å². The summed E-state index contributed by atoms with van der Waals surface area (Å²) in [4.78, 5) is 30.0. The van der Waals surface area contributed by atoms with Crippen LogP contribution in [0.15, 0.2) is 4.52 Å². The Hall–Kier alpha value is -2.44. The number of aryl methyl sites for hydroxylation is 1. The third kappa shape index (κ3) is 4.28. The molecule has 0 aliphatic heterocycles. The molecule has 0 unspecified atom stereocenters. The quantitative estimate of drug-likeness (QED) is 0.765. The number of aromatic nitrogens is 3. The van der Waals surface area contributed by atoms with Crippen LogP contribution in [0.4, 0.5) is 0 Å². The molecule has 3 rings (SSSR count). The molecule has 0 saturated heterocycles. The molecular formula is C22H32N4O3. The monoisotopic (exact) mass is 400 g/mol. The fourth-order valence-electron chi connectivity index (χ4n) is 4.25. The molecule has 1 amide bonds. The van der Waals surface area contributed by atoms with Crippen LogP contribution in [0.25, 0.3) is 0 Å². The molecule has 29 heavy (non-hydrogen) atoms. The molecule has 2 heterocycles. The standard InChI is InChI=1S/C22H32N4O3/c1-7-9-26-14(4)15(20-16(26)11-22(5,6)12-17(20)27)10-19(28)23-13(3)21-24-18(8-2)25-29-21/h13H,7-12H2,1-6H3,(H,23,28)/t13-/m0/s1. The maximum absolute atomic E-state index is 13.0. The van der Waals surface area contributed by atoms with Crippen molar-refractivity contribution in [1.29, 1.82) is 0 Å². The Morgan fingerprint density at radius 1 is 1.31 bits per heavy atom. The summed E-state index contributed by atoms with van der Waals surface area (Å²) < 4.78 is 7.47. The van der Waals surface area contributed by atoms with Crippen molar-refractivity contribution in [2.75, 3.05) is 0 Å². The van der Waals surface area contributed by atoms with Crippen molar-refractivity contribution < 1.29 is 14.1 Å². The highest BCUT2D eigenvalue weighted by molar-refractivity contribution is 6.01. The number of rotatable bonds is 7. The van der Waals surface area contributed by atoms with E-state index in [-0.39, 0.29) is 29.6 Å². The van der Waals surface area contributed by atoms with E-state index < -0.39 is 0 Å². The number of Topliss-reactive ketones (excluding diaryl/α,β-unsaturated/α-hetero) is 1. The summed E-state index contributed by atoms with van der Waals surface area (Å²) in [7, 11) is 0. The summed E-state index contributed by atoms with van der Waals surface area (Å²) in [6.07, 6.45) is 3.21. The first kappa shape index (κ1) is 21.3. The molecule has 158 valence electrons. The summed E-state index contributed by atoms with van der Waals surface area (Å²) in [5, 5.41) is 6.81. The molecule has 0 saturated carbocycles. The van der Waals surface area contributed by atoms with Crippen molar-refractivity contribution >= 4 is 11.7 Å². The van der Waals surface area contributed by atoms with Gasteiger partial charge in [-0.05, 0) is 37.7 Å². The molecule has 1 atom stereocenters. The second-order valence-corrected chi connectivity index (χ2v) is 8.85. The van der Waals surface area contributed by atoms with Crippen molar-refractivity contribution in [2.45, 2.75) is 86.2 Å². The van der Waals surface area contributed by atoms with Crippen molar-refractivity contribution in [2.24, 2.45) is 5.41 Å². The zero-order chi connectivity index (χ0) is 21.3. The maximum atomic E-state index is 13.0. The van der Waals surface area contributed by atoms with Crippen LogP contribution < -0.4 is 5.32 Å². The molecule has 0 bridgehead atoms. The predicted molar refractivity (Wildman–Crippen MR) is 110 cm³/mol. The molecule has 7 heteroatoms. The smallest absolute Gasteiger partial charge is 0.248 e. The number of carbonyl (C=O) groups excluding carboxylic acids is 2. The third-order valence-corrected chi connectivity index (χ3v) is 5.65. The van der Waals surface area contributed by atoms with Crippen molar-refractivity contribution in [1.82, 2.24) is 20.0 Å². The molecule has 1 N–H and O–H groups in total. The molecule has 0 radical (unpaired) electrons. The maximum Gasteiger partial charge on any atom is 0.248 e. The highest BCUT2D eigenvalue weighted by atomic mass is 16.5. The van der Waals surface area contributed by atoms with E-state index in [4.69, 9.17) is 4.52 Å². The SMILES string of the molecule is CCCn1c(C)c(CC(=O)N[C@@H](C)c2nc(CC)no2)c2c1CC(C)(C)CC2=O. The van der Waals surface area contributed by atoms with Gasteiger partial charge in [0.25, 0.3) is 0 Å². The molecule has 1 aliphatic carbocycles. The number of hydrogen-bond donors (Lipinski definition) is 1. The fourth-order valence-corrected chi connectivity index (χ4v) is 4.25. The predicted octanol–water partition coefficient (Wildman–Crippen LogP) is 3.73. The third-order valence-electron chi connectivity index (χ3n) is 5.65. The van der Waals surface area contributed by atoms with Gasteiger partial charge in [-0.15, -0.1) is 0 Å². The normalized spacial score (nSPS) is 16.6. The van der Waals surface area contributed by atoms with E-state index in [1.54, 1.807) is 0 Å². The summed E-state index contributed by atoms with van der Waals surface area (Å²) in [5.41, 5.74) is 3.69. The van der Waals surface area contributed by atoms with Gasteiger partial charge in [0.05, 0.1) is 6.42 Å². The van der Waals surface area contributed by atoms with E-state index in [1.165, 1.54) is 0 Å². The minimum Gasteiger partial charge on any atom is -0.348 e. The van der Waals surface area contributed by atoms with Gasteiger partial charge in [-0.1, -0.05) is 32.9 Å². The fraction of sp³-hybridized carbons (Fsp3) is 0.636. The number of hydrogen-bond acceptors (Lipinski definition) is 5. The summed E-state index contributed by atoms with van der Waals surface area (Å²) >= 11 is 0. The lowest BCUT2D eigenvalue weighted by Gasteiger charge is -2.30. The Morgan fingerprint density at radius 2 is 2.03 bits per heavy atom. The van der Waals surface area contributed by atoms with E-state index in [0.717, 1.165) is 41.9 Å². The molecule has 2 aromatic heterocycles. The van der Waals surface area contributed by atoms with Gasteiger partial charge >= 0.3 is 0 Å². The lowest BCUT2D eigenvalue weighted by Crippen LogP contribution is -2.30. The molecule has 1 aliphatic rings. The van der Waals surface area contributed by atoms with Gasteiger partial charge in [-0.3, -0.25) is 9.59 Å². The Bertz CT molecular complexity index is 923. The largest absolute Gasteiger partial charge is 0.348 e. The second kappa shape index (κ2) is 8.13. The van der Waals surface area contributed by atoms with Crippen LogP contribution in [0.2, 0.25) is 0 Å². The van der Waals surface area contributed by atoms with Crippen LogP contribution in [0.3, 0.4) is 0 Å². The second-order valence-electron chi connectivity index (χ2n) is 8.85. The first-order chi connectivity index (χ1) is 13.7. The van der Waals surface area contributed by atoms with Crippen LogP contribution in [-0.4, -0.2) is 26.4 Å². The number of nitrogens with zero attached hydrogens (tertiary/aromatic N) is 3. The Balaban J connectivity index is 1.85. The Morgan fingerprint density at radius 3 is 2.66 bits per heavy atom. The van der Waals surface area contributed by atoms with Gasteiger partial charge in [-0.25, -0.2) is 0 Å². The molecule has 0 spiro atoms. The van der Waals surface area contributed by atoms with Crippen molar-refractivity contribution in [3.63, 3.8) is 0 Å². The number of ketones is 1. The first-order valence-electron chi connectivity index (χ1n) is 10.5. The van der Waals surface area contributed by atoms with Crippen LogP contribution in [0, 0.1) is 12.3 Å². The first-order valence-corrected chi connectivity index (χ1v) is 10.5. The molecule has 7 nitrogen and oxygen atoms in total. The topological polar surface area (TPSA) is 90.0 Å². The number of amides is 1. The van der Waals surface area contributed by atoms with Gasteiger partial charge in [0.2, 0.25) is 11.8 Å². The highest BCUT2D eigenvalue weighted by Gasteiger charge is 2.37. The average Bonchev–Trinajstić information content (AvgIpc) is 3.20. The van der Waals surface area contributed by atoms with Crippen LogP contribution in [0.1, 0.15) is 92.5 Å². The minimum atomic E-state index is -0.376. The molecule has 0 aromatic carbocycles. The summed E-state index contributed by atoms with van der Waals surface area (Å²) in [6.45, 7) is 13.0. The van der Waals surface area contributed by atoms with Crippen LogP contribution >= 0.6 is 0 Å². The number of fused-ring (bicyclic) bond motifs is 1. The molecule has 2 aromatic rings. The number of nitrogens with one attached hydrogen (secondary N) is 1. The lowest BCUT2D eigenvalue weighted by molar-refractivity contribution is -0.121. The number of carbonyl (C=O) groups is 2. The minimum absolute atomic E-state index is 0.0522. The Labute approximate surface area is 172 Å². The van der Waals surface area contributed by atoms with E-state index in [1.807, 2.05) is 20.8 Å².